The summed E-state index contributed by atoms with van der Waals surface area (Å²) in [7, 11) is 0. The number of fused-ring (bicyclic) bond motifs is 1. The first-order valence-corrected chi connectivity index (χ1v) is 8.57. The van der Waals surface area contributed by atoms with Crippen molar-refractivity contribution in [3.63, 3.8) is 0 Å². The molecule has 130 valence electrons. The van der Waals surface area contributed by atoms with Crippen molar-refractivity contribution in [2.75, 3.05) is 19.7 Å². The van der Waals surface area contributed by atoms with Crippen LogP contribution in [-0.2, 0) is 18.4 Å². The Morgan fingerprint density at radius 3 is 2.75 bits per heavy atom. The summed E-state index contributed by atoms with van der Waals surface area (Å²) in [5.41, 5.74) is 3.86. The average molecular weight is 329 g/mol. The molecule has 0 saturated heterocycles. The van der Waals surface area contributed by atoms with Crippen LogP contribution in [0.15, 0.2) is 30.5 Å². The molecule has 1 aliphatic heterocycles. The number of benzene rings is 1. The fraction of sp³-hybridized carbons (Fsp3) is 0.526. The Bertz CT molecular complexity index is 658. The molecule has 2 N–H and O–H groups in total. The van der Waals surface area contributed by atoms with Gasteiger partial charge in [-0.3, -0.25) is 10.00 Å². The van der Waals surface area contributed by atoms with Gasteiger partial charge in [0.05, 0.1) is 6.20 Å². The minimum Gasteiger partial charge on any atom is -0.491 e. The van der Waals surface area contributed by atoms with Crippen molar-refractivity contribution in [1.82, 2.24) is 15.1 Å². The van der Waals surface area contributed by atoms with Crippen LogP contribution in [0.2, 0.25) is 0 Å². The van der Waals surface area contributed by atoms with Gasteiger partial charge in [0, 0.05) is 37.3 Å². The quantitative estimate of drug-likeness (QED) is 0.885. The molecule has 1 aromatic carbocycles. The van der Waals surface area contributed by atoms with Gasteiger partial charge >= 0.3 is 0 Å². The molecule has 0 radical (unpaired) electrons. The molecule has 1 atom stereocenters. The van der Waals surface area contributed by atoms with Crippen LogP contribution in [0.1, 0.15) is 37.6 Å². The van der Waals surface area contributed by atoms with Gasteiger partial charge < -0.3 is 9.84 Å². The van der Waals surface area contributed by atoms with Gasteiger partial charge in [0.25, 0.3) is 0 Å². The summed E-state index contributed by atoms with van der Waals surface area (Å²) in [6.45, 7) is 9.27. The lowest BCUT2D eigenvalue weighted by Crippen LogP contribution is -2.38. The summed E-state index contributed by atoms with van der Waals surface area (Å²) in [6.07, 6.45) is 2.33. The maximum absolute atomic E-state index is 10.3. The van der Waals surface area contributed by atoms with E-state index in [0.717, 1.165) is 25.3 Å². The molecule has 0 saturated carbocycles. The predicted molar refractivity (Wildman–Crippen MR) is 94.2 cm³/mol. The van der Waals surface area contributed by atoms with Crippen LogP contribution in [0.3, 0.4) is 0 Å². The lowest BCUT2D eigenvalue weighted by atomic mass is 9.87. The van der Waals surface area contributed by atoms with Crippen LogP contribution in [0, 0.1) is 0 Å². The van der Waals surface area contributed by atoms with Gasteiger partial charge in [-0.15, -0.1) is 0 Å². The fourth-order valence-electron chi connectivity index (χ4n) is 3.03. The molecule has 5 heteroatoms. The van der Waals surface area contributed by atoms with Gasteiger partial charge in [0.2, 0.25) is 0 Å². The third-order valence-electron chi connectivity index (χ3n) is 4.51. The van der Waals surface area contributed by atoms with Gasteiger partial charge in [-0.1, -0.05) is 32.9 Å². The normalized spacial score (nSPS) is 16.7. The second kappa shape index (κ2) is 6.95. The number of aliphatic hydroxyl groups is 1. The van der Waals surface area contributed by atoms with Crippen LogP contribution in [0.5, 0.6) is 5.75 Å². The number of nitrogens with one attached hydrogen (secondary N) is 1. The van der Waals surface area contributed by atoms with E-state index in [-0.39, 0.29) is 5.41 Å². The van der Waals surface area contributed by atoms with E-state index >= 15 is 0 Å². The van der Waals surface area contributed by atoms with Gasteiger partial charge in [0.15, 0.2) is 0 Å². The van der Waals surface area contributed by atoms with Crippen LogP contribution in [0.25, 0.3) is 0 Å². The molecule has 1 unspecified atom stereocenters. The molecule has 24 heavy (non-hydrogen) atoms. The summed E-state index contributed by atoms with van der Waals surface area (Å²) in [5.74, 6) is 0.804. The number of aliphatic hydroxyl groups excluding tert-OH is 1. The van der Waals surface area contributed by atoms with E-state index in [1.54, 1.807) is 0 Å². The number of aromatic amines is 1. The van der Waals surface area contributed by atoms with Gasteiger partial charge in [-0.25, -0.2) is 0 Å². The molecular formula is C19H27N3O2. The summed E-state index contributed by atoms with van der Waals surface area (Å²) in [4.78, 5) is 2.24. The maximum Gasteiger partial charge on any atom is 0.119 e. The van der Waals surface area contributed by atoms with E-state index in [4.69, 9.17) is 4.74 Å². The van der Waals surface area contributed by atoms with Crippen LogP contribution in [0.4, 0.5) is 0 Å². The first-order chi connectivity index (χ1) is 11.4. The topological polar surface area (TPSA) is 61.4 Å². The largest absolute Gasteiger partial charge is 0.491 e. The smallest absolute Gasteiger partial charge is 0.119 e. The zero-order valence-corrected chi connectivity index (χ0v) is 14.7. The van der Waals surface area contributed by atoms with Crippen molar-refractivity contribution >= 4 is 0 Å². The molecule has 0 amide bonds. The Morgan fingerprint density at radius 2 is 2.04 bits per heavy atom. The van der Waals surface area contributed by atoms with Gasteiger partial charge in [-0.05, 0) is 23.1 Å². The molecule has 2 aromatic rings. The van der Waals surface area contributed by atoms with Crippen molar-refractivity contribution in [3.8, 4) is 5.75 Å². The highest BCUT2D eigenvalue weighted by molar-refractivity contribution is 5.31. The Labute approximate surface area is 143 Å². The number of β-amino-alcohol motifs (C(OH)–C–C–N with tert-alkyl or cyclic N) is 1. The number of rotatable bonds is 5. The van der Waals surface area contributed by atoms with Crippen molar-refractivity contribution in [1.29, 1.82) is 0 Å². The van der Waals surface area contributed by atoms with Crippen LogP contribution >= 0.6 is 0 Å². The number of aromatic nitrogens is 2. The van der Waals surface area contributed by atoms with Crippen LogP contribution < -0.4 is 4.74 Å². The highest BCUT2D eigenvalue weighted by atomic mass is 16.5. The summed E-state index contributed by atoms with van der Waals surface area (Å²) >= 11 is 0. The summed E-state index contributed by atoms with van der Waals surface area (Å²) in [6, 6.07) is 8.14. The molecule has 2 heterocycles. The lowest BCUT2D eigenvalue weighted by Gasteiger charge is -2.28. The molecule has 0 spiro atoms. The third kappa shape index (κ3) is 4.16. The minimum absolute atomic E-state index is 0.137. The van der Waals surface area contributed by atoms with Crippen LogP contribution in [-0.4, -0.2) is 46.0 Å². The summed E-state index contributed by atoms with van der Waals surface area (Å²) in [5, 5.41) is 17.4. The zero-order chi connectivity index (χ0) is 17.2. The number of hydrogen-bond donors (Lipinski definition) is 2. The van der Waals surface area contributed by atoms with E-state index in [1.807, 2.05) is 18.3 Å². The number of hydrogen-bond acceptors (Lipinski definition) is 4. The third-order valence-corrected chi connectivity index (χ3v) is 4.51. The Balaban J connectivity index is 1.47. The molecule has 3 rings (SSSR count). The fourth-order valence-corrected chi connectivity index (χ4v) is 3.03. The van der Waals surface area contributed by atoms with E-state index in [9.17, 15) is 5.11 Å². The standard InChI is InChI=1S/C19H27N3O2/c1-19(2,3)15-4-6-17(7-5-15)24-13-16(23)12-22-9-8-18-14(11-22)10-20-21-18/h4-7,10,16,23H,8-9,11-13H2,1-3H3,(H,20,21). The maximum atomic E-state index is 10.3. The van der Waals surface area contributed by atoms with E-state index in [2.05, 4.69) is 48.0 Å². The van der Waals surface area contributed by atoms with Crippen molar-refractivity contribution < 1.29 is 9.84 Å². The molecule has 1 aromatic heterocycles. The molecule has 0 fully saturated rings. The van der Waals surface area contributed by atoms with E-state index in [1.165, 1.54) is 16.8 Å². The Hall–Kier alpha value is -1.85. The zero-order valence-electron chi connectivity index (χ0n) is 14.7. The monoisotopic (exact) mass is 329 g/mol. The SMILES string of the molecule is CC(C)(C)c1ccc(OCC(O)CN2CCc3[nH]ncc3C2)cc1. The first-order valence-electron chi connectivity index (χ1n) is 8.57. The molecule has 0 bridgehead atoms. The first kappa shape index (κ1) is 17.0. The van der Waals surface area contributed by atoms with Gasteiger partial charge in [0.1, 0.15) is 18.5 Å². The summed E-state index contributed by atoms with van der Waals surface area (Å²) < 4.78 is 5.74. The average Bonchev–Trinajstić information content (AvgIpc) is 3.00. The minimum atomic E-state index is -0.499. The second-order valence-electron chi connectivity index (χ2n) is 7.60. The highest BCUT2D eigenvalue weighted by Gasteiger charge is 2.20. The molecule has 0 aliphatic carbocycles. The van der Waals surface area contributed by atoms with Crippen molar-refractivity contribution in [2.24, 2.45) is 0 Å². The highest BCUT2D eigenvalue weighted by Crippen LogP contribution is 2.24. The predicted octanol–water partition coefficient (Wildman–Crippen LogP) is 2.51. The molecular weight excluding hydrogens is 302 g/mol. The second-order valence-corrected chi connectivity index (χ2v) is 7.60. The van der Waals surface area contributed by atoms with E-state index < -0.39 is 6.10 Å². The van der Waals surface area contributed by atoms with Crippen molar-refractivity contribution in [2.45, 2.75) is 45.3 Å². The molecule has 1 aliphatic rings. The molecule has 5 nitrogen and oxygen atoms in total. The Morgan fingerprint density at radius 1 is 1.29 bits per heavy atom. The number of ether oxygens (including phenoxy) is 1. The Kier molecular flexibility index (Phi) is 4.92. The van der Waals surface area contributed by atoms with Gasteiger partial charge in [-0.2, -0.15) is 5.10 Å². The lowest BCUT2D eigenvalue weighted by molar-refractivity contribution is 0.0637. The number of H-pyrrole nitrogens is 1. The van der Waals surface area contributed by atoms with Crippen molar-refractivity contribution in [3.05, 3.63) is 47.3 Å². The van der Waals surface area contributed by atoms with E-state index in [0.29, 0.717) is 13.2 Å². The number of nitrogens with zero attached hydrogens (tertiary/aromatic N) is 2.